The largest absolute Gasteiger partial charge is 0.487 e. The van der Waals surface area contributed by atoms with E-state index in [4.69, 9.17) is 26.3 Å². The third-order valence-electron chi connectivity index (χ3n) is 1.88. The van der Waals surface area contributed by atoms with Gasteiger partial charge in [-0.05, 0) is 27.7 Å². The van der Waals surface area contributed by atoms with Gasteiger partial charge in [0.15, 0.2) is 11.5 Å². The molecule has 0 saturated heterocycles. The molecule has 0 atom stereocenters. The van der Waals surface area contributed by atoms with Crippen LogP contribution < -0.4 is 9.47 Å². The first-order valence-corrected chi connectivity index (χ1v) is 5.88. The molecule has 0 aliphatic heterocycles. The molecule has 1 aromatic rings. The smallest absolute Gasteiger partial charge is 0.163 e. The Morgan fingerprint density at radius 2 is 1.53 bits per heavy atom. The fourth-order valence-electron chi connectivity index (χ4n) is 1.31. The molecule has 0 heterocycles. The maximum atomic E-state index is 8.92. The lowest BCUT2D eigenvalue weighted by Crippen LogP contribution is -2.11. The van der Waals surface area contributed by atoms with Crippen molar-refractivity contribution >= 4 is 11.6 Å². The molecule has 1 rings (SSSR count). The normalized spacial score (nSPS) is 10.5. The Hall–Kier alpha value is -1.40. The standard InChI is InChI=1S/C13H16ClNO2/c1-8(2)16-12-5-10(7-15)11(14)6-13(12)17-9(3)4/h5-6,8-9H,1-4H3. The summed E-state index contributed by atoms with van der Waals surface area (Å²) in [5.74, 6) is 1.12. The van der Waals surface area contributed by atoms with Crippen LogP contribution in [0, 0.1) is 11.3 Å². The Balaban J connectivity index is 3.17. The Labute approximate surface area is 107 Å². The van der Waals surface area contributed by atoms with Gasteiger partial charge >= 0.3 is 0 Å². The summed E-state index contributed by atoms with van der Waals surface area (Å²) >= 11 is 5.96. The minimum absolute atomic E-state index is 0.0113. The van der Waals surface area contributed by atoms with E-state index >= 15 is 0 Å². The van der Waals surface area contributed by atoms with E-state index in [1.54, 1.807) is 12.1 Å². The predicted molar refractivity (Wildman–Crippen MR) is 67.7 cm³/mol. The zero-order valence-electron chi connectivity index (χ0n) is 10.5. The fraction of sp³-hybridized carbons (Fsp3) is 0.462. The number of nitrogens with zero attached hydrogens (tertiary/aromatic N) is 1. The Kier molecular flexibility index (Phi) is 4.65. The highest BCUT2D eigenvalue weighted by molar-refractivity contribution is 6.31. The van der Waals surface area contributed by atoms with Crippen LogP contribution in [0.1, 0.15) is 33.3 Å². The van der Waals surface area contributed by atoms with E-state index in [2.05, 4.69) is 0 Å². The van der Waals surface area contributed by atoms with Gasteiger partial charge < -0.3 is 9.47 Å². The molecule has 92 valence electrons. The van der Waals surface area contributed by atoms with E-state index in [1.165, 1.54) is 0 Å². The molecule has 0 saturated carbocycles. The van der Waals surface area contributed by atoms with E-state index in [9.17, 15) is 0 Å². The van der Waals surface area contributed by atoms with E-state index in [0.717, 1.165) is 0 Å². The molecule has 0 fully saturated rings. The summed E-state index contributed by atoms with van der Waals surface area (Å²) in [5.41, 5.74) is 0.387. The second kappa shape index (κ2) is 5.79. The van der Waals surface area contributed by atoms with Crippen LogP contribution in [0.2, 0.25) is 5.02 Å². The minimum atomic E-state index is 0.0113. The summed E-state index contributed by atoms with van der Waals surface area (Å²) in [7, 11) is 0. The SMILES string of the molecule is CC(C)Oc1cc(Cl)c(C#N)cc1OC(C)C. The maximum absolute atomic E-state index is 8.92. The van der Waals surface area contributed by atoms with Crippen LogP contribution in [-0.4, -0.2) is 12.2 Å². The quantitative estimate of drug-likeness (QED) is 0.820. The molecule has 1 aromatic carbocycles. The van der Waals surface area contributed by atoms with Crippen molar-refractivity contribution in [2.24, 2.45) is 0 Å². The van der Waals surface area contributed by atoms with Crippen LogP contribution in [-0.2, 0) is 0 Å². The van der Waals surface area contributed by atoms with Crippen molar-refractivity contribution in [1.82, 2.24) is 0 Å². The number of hydrogen-bond donors (Lipinski definition) is 0. The summed E-state index contributed by atoms with van der Waals surface area (Å²) in [5, 5.41) is 9.29. The zero-order chi connectivity index (χ0) is 13.0. The fourth-order valence-corrected chi connectivity index (χ4v) is 1.51. The first kappa shape index (κ1) is 13.7. The Bertz CT molecular complexity index is 436. The van der Waals surface area contributed by atoms with E-state index in [1.807, 2.05) is 33.8 Å². The summed E-state index contributed by atoms with van der Waals surface area (Å²) in [6.45, 7) is 7.68. The van der Waals surface area contributed by atoms with Gasteiger partial charge in [0.25, 0.3) is 0 Å². The molecule has 0 aliphatic rings. The minimum Gasteiger partial charge on any atom is -0.487 e. The lowest BCUT2D eigenvalue weighted by Gasteiger charge is -2.17. The number of nitriles is 1. The highest BCUT2D eigenvalue weighted by atomic mass is 35.5. The van der Waals surface area contributed by atoms with Gasteiger partial charge in [-0.15, -0.1) is 0 Å². The molecule has 17 heavy (non-hydrogen) atoms. The predicted octanol–water partition coefficient (Wildman–Crippen LogP) is 3.79. The van der Waals surface area contributed by atoms with Crippen LogP contribution in [0.15, 0.2) is 12.1 Å². The van der Waals surface area contributed by atoms with Gasteiger partial charge in [-0.1, -0.05) is 11.6 Å². The highest BCUT2D eigenvalue weighted by Gasteiger charge is 2.13. The van der Waals surface area contributed by atoms with Crippen molar-refractivity contribution in [2.75, 3.05) is 0 Å². The Morgan fingerprint density at radius 3 is 1.94 bits per heavy atom. The molecule has 0 radical (unpaired) electrons. The molecule has 0 unspecified atom stereocenters. The maximum Gasteiger partial charge on any atom is 0.163 e. The number of hydrogen-bond acceptors (Lipinski definition) is 3. The molecule has 4 heteroatoms. The molecule has 3 nitrogen and oxygen atoms in total. The van der Waals surface area contributed by atoms with Gasteiger partial charge in [-0.3, -0.25) is 0 Å². The number of benzene rings is 1. The molecule has 0 spiro atoms. The van der Waals surface area contributed by atoms with Crippen LogP contribution in [0.5, 0.6) is 11.5 Å². The van der Waals surface area contributed by atoms with Crippen LogP contribution in [0.3, 0.4) is 0 Å². The summed E-state index contributed by atoms with van der Waals surface area (Å²) in [6.07, 6.45) is 0.0331. The lowest BCUT2D eigenvalue weighted by molar-refractivity contribution is 0.199. The molecule has 0 bridgehead atoms. The van der Waals surface area contributed by atoms with Crippen molar-refractivity contribution < 1.29 is 9.47 Å². The van der Waals surface area contributed by atoms with Crippen molar-refractivity contribution in [1.29, 1.82) is 5.26 Å². The van der Waals surface area contributed by atoms with E-state index in [0.29, 0.717) is 22.1 Å². The van der Waals surface area contributed by atoms with Gasteiger partial charge in [-0.2, -0.15) is 5.26 Å². The molecule has 0 N–H and O–H groups in total. The molecule has 0 aliphatic carbocycles. The molecule has 0 aromatic heterocycles. The van der Waals surface area contributed by atoms with Gasteiger partial charge in [-0.25, -0.2) is 0 Å². The van der Waals surface area contributed by atoms with Crippen molar-refractivity contribution in [2.45, 2.75) is 39.9 Å². The first-order valence-electron chi connectivity index (χ1n) is 5.51. The average Bonchev–Trinajstić information content (AvgIpc) is 2.20. The zero-order valence-corrected chi connectivity index (χ0v) is 11.2. The van der Waals surface area contributed by atoms with Crippen molar-refractivity contribution in [3.63, 3.8) is 0 Å². The van der Waals surface area contributed by atoms with E-state index < -0.39 is 0 Å². The van der Waals surface area contributed by atoms with Crippen molar-refractivity contribution in [3.05, 3.63) is 22.7 Å². The summed E-state index contributed by atoms with van der Waals surface area (Å²) in [6, 6.07) is 5.26. The van der Waals surface area contributed by atoms with Crippen LogP contribution in [0.4, 0.5) is 0 Å². The average molecular weight is 254 g/mol. The van der Waals surface area contributed by atoms with Crippen molar-refractivity contribution in [3.8, 4) is 17.6 Å². The van der Waals surface area contributed by atoms with E-state index in [-0.39, 0.29) is 12.2 Å². The molecular formula is C13H16ClNO2. The number of ether oxygens (including phenoxy) is 2. The van der Waals surface area contributed by atoms with Gasteiger partial charge in [0.2, 0.25) is 0 Å². The summed E-state index contributed by atoms with van der Waals surface area (Å²) in [4.78, 5) is 0. The molecule has 0 amide bonds. The van der Waals surface area contributed by atoms with Gasteiger partial charge in [0.05, 0.1) is 22.8 Å². The lowest BCUT2D eigenvalue weighted by atomic mass is 10.2. The van der Waals surface area contributed by atoms with Gasteiger partial charge in [0, 0.05) is 12.1 Å². The van der Waals surface area contributed by atoms with Crippen LogP contribution >= 0.6 is 11.6 Å². The summed E-state index contributed by atoms with van der Waals surface area (Å²) < 4.78 is 11.2. The number of halogens is 1. The van der Waals surface area contributed by atoms with Gasteiger partial charge in [0.1, 0.15) is 6.07 Å². The monoisotopic (exact) mass is 253 g/mol. The second-order valence-electron chi connectivity index (χ2n) is 4.22. The second-order valence-corrected chi connectivity index (χ2v) is 4.63. The highest BCUT2D eigenvalue weighted by Crippen LogP contribution is 2.34. The third kappa shape index (κ3) is 3.83. The Morgan fingerprint density at radius 1 is 1.06 bits per heavy atom. The number of rotatable bonds is 4. The first-order chi connectivity index (χ1) is 7.93. The van der Waals surface area contributed by atoms with Crippen LogP contribution in [0.25, 0.3) is 0 Å². The topological polar surface area (TPSA) is 42.2 Å². The third-order valence-corrected chi connectivity index (χ3v) is 2.19. The molecular weight excluding hydrogens is 238 g/mol.